The van der Waals surface area contributed by atoms with Gasteiger partial charge >= 0.3 is 11.9 Å². The van der Waals surface area contributed by atoms with Gasteiger partial charge in [0.25, 0.3) is 0 Å². The van der Waals surface area contributed by atoms with Gasteiger partial charge in [-0.05, 0) is 257 Å². The summed E-state index contributed by atoms with van der Waals surface area (Å²) < 4.78 is 13.5. The normalized spacial score (nSPS) is 30.0. The molecule has 7 N–H and O–H groups in total. The van der Waals surface area contributed by atoms with Crippen molar-refractivity contribution < 1.29 is 29.3 Å². The number of hydrogen-bond donors (Lipinski definition) is 7. The summed E-state index contributed by atoms with van der Waals surface area (Å²) in [7, 11) is 0. The molecule has 14 bridgehead atoms. The van der Waals surface area contributed by atoms with E-state index in [1.165, 1.54) is 28.7 Å². The van der Waals surface area contributed by atoms with Crippen LogP contribution < -0.4 is 26.6 Å². The van der Waals surface area contributed by atoms with Crippen molar-refractivity contribution in [3.8, 4) is 16.9 Å². The van der Waals surface area contributed by atoms with Crippen LogP contribution in [-0.2, 0) is 45.0 Å². The third-order valence-corrected chi connectivity index (χ3v) is 21.3. The number of aliphatic hydroxyl groups excluding tert-OH is 1. The number of carbonyl (C=O) groups excluding carboxylic acids is 2. The molecular weight excluding hydrogens is 1050 g/mol. The number of aliphatic hydroxyl groups is 1. The lowest BCUT2D eigenvalue weighted by Gasteiger charge is -2.56. The number of fused-ring (bicyclic) bond motifs is 5. The fraction of sp³-hybridized carbons (Fsp3) is 0.541. The van der Waals surface area contributed by atoms with E-state index < -0.39 is 11.5 Å². The maximum absolute atomic E-state index is 15.4. The van der Waals surface area contributed by atoms with Crippen molar-refractivity contribution in [3.05, 3.63) is 165 Å². The molecule has 11 nitrogen and oxygen atoms in total. The number of aromatic hydroxyl groups is 1. The van der Waals surface area contributed by atoms with Gasteiger partial charge < -0.3 is 46.3 Å². The van der Waals surface area contributed by atoms with Crippen molar-refractivity contribution in [2.24, 2.45) is 52.3 Å². The van der Waals surface area contributed by atoms with Gasteiger partial charge in [-0.25, -0.2) is 9.59 Å². The van der Waals surface area contributed by atoms with Gasteiger partial charge in [-0.1, -0.05) is 100 Å². The van der Waals surface area contributed by atoms with Crippen molar-refractivity contribution in [2.45, 2.75) is 169 Å². The Morgan fingerprint density at radius 1 is 0.812 bits per heavy atom. The fourth-order valence-electron chi connectivity index (χ4n) is 17.4. The Morgan fingerprint density at radius 2 is 1.68 bits per heavy atom. The van der Waals surface area contributed by atoms with Crippen LogP contribution in [0.4, 0.5) is 0 Å². The quantitative estimate of drug-likeness (QED) is 0.0399. The molecule has 4 aromatic carbocycles. The largest absolute Gasteiger partial charge is 0.508 e. The van der Waals surface area contributed by atoms with Crippen molar-refractivity contribution in [1.82, 2.24) is 26.6 Å². The van der Waals surface area contributed by atoms with E-state index >= 15 is 9.59 Å². The number of piperidine rings is 1. The highest BCUT2D eigenvalue weighted by Gasteiger charge is 2.69. The SMILES string of the molecule is CCCNCc1cc2cc(c1)[C@@H](NC[C@H](C)O)[C@H]1CC[C@]([C@@H]3CCN[C@@H](NCCCC(C)C)C3)(C/C=C3\OC(=O)C4=C3CC[C@H]3[C@H]5CC[C@]6(C(=C5c5cc(O)ccc5-c5cccc(c5)CNCC2)C(=O)O/C6=C\[C@H](CC)Cc2ccccc2)[C@@H]43)C1. The monoisotopic (exact) mass is 1150 g/mol. The highest BCUT2D eigenvalue weighted by Crippen LogP contribution is 2.72. The fourth-order valence-corrected chi connectivity index (χ4v) is 17.4. The van der Waals surface area contributed by atoms with E-state index in [1.807, 2.05) is 19.1 Å². The minimum Gasteiger partial charge on any atom is -0.508 e. The van der Waals surface area contributed by atoms with Gasteiger partial charge in [0.1, 0.15) is 17.3 Å². The maximum Gasteiger partial charge on any atom is 0.340 e. The van der Waals surface area contributed by atoms with Gasteiger partial charge in [0.05, 0.1) is 23.3 Å². The summed E-state index contributed by atoms with van der Waals surface area (Å²) >= 11 is 0. The predicted molar refractivity (Wildman–Crippen MR) is 338 cm³/mol. The first-order valence-electron chi connectivity index (χ1n) is 33.1. The third-order valence-electron chi connectivity index (χ3n) is 21.3. The van der Waals surface area contributed by atoms with Gasteiger partial charge in [-0.2, -0.15) is 0 Å². The van der Waals surface area contributed by atoms with Gasteiger partial charge in [-0.15, -0.1) is 0 Å². The molecule has 10 aliphatic rings. The van der Waals surface area contributed by atoms with Crippen LogP contribution in [0.5, 0.6) is 5.75 Å². The molecule has 2 saturated carbocycles. The van der Waals surface area contributed by atoms with E-state index in [0.29, 0.717) is 55.0 Å². The molecule has 1 spiro atoms. The smallest absolute Gasteiger partial charge is 0.340 e. The van der Waals surface area contributed by atoms with Crippen molar-refractivity contribution in [3.63, 3.8) is 0 Å². The summed E-state index contributed by atoms with van der Waals surface area (Å²) in [4.78, 5) is 30.7. The van der Waals surface area contributed by atoms with Gasteiger partial charge in [0.15, 0.2) is 0 Å². The summed E-state index contributed by atoms with van der Waals surface area (Å²) in [5.41, 5.74) is 11.6. The Balaban J connectivity index is 1.01. The third kappa shape index (κ3) is 12.2. The van der Waals surface area contributed by atoms with Crippen LogP contribution in [0.2, 0.25) is 0 Å². The maximum atomic E-state index is 15.4. The zero-order valence-corrected chi connectivity index (χ0v) is 51.4. The lowest BCUT2D eigenvalue weighted by atomic mass is 9.44. The van der Waals surface area contributed by atoms with Crippen LogP contribution >= 0.6 is 0 Å². The second-order valence-corrected chi connectivity index (χ2v) is 27.4. The van der Waals surface area contributed by atoms with Gasteiger partial charge in [-0.3, -0.25) is 0 Å². The molecule has 4 aromatic rings. The Hall–Kier alpha value is -5.66. The van der Waals surface area contributed by atoms with Crippen LogP contribution in [0.25, 0.3) is 16.7 Å². The van der Waals surface area contributed by atoms with E-state index in [2.05, 4.69) is 139 Å². The number of phenols is 1. The Bertz CT molecular complexity index is 3210. The standard InChI is InChI=1S/C74H95N5O6/c1-6-30-75-45-52-35-50-25-32-76-44-51-16-11-17-53(37-51)58-19-18-57(81)41-62(58)66-59-23-29-74(64(85-72(83)69(66)74)39-48(7-2)34-49-14-9-8-10-15-49)68-60(59)20-21-61-63(84-71(82)67(61)68)24-28-73(56-26-33-78-65(40-56)77-31-12-13-46(3)4)27-22-54(42-73)70(55(36-50)38-52)79-43-47(5)80/h8-11,14-19,24,35-39,41,46-48,54,56,59-60,65,68,70,75-81H,6-7,12-13,20-23,25-34,40,42-45H2,1-5H3/b63-24-,64-39-/t47-,48+,54-,56+,59+,60-,65+,68+,70-,73-,74+/m0/s1. The summed E-state index contributed by atoms with van der Waals surface area (Å²) in [6.07, 6.45) is 19.4. The van der Waals surface area contributed by atoms with Crippen molar-refractivity contribution >= 4 is 17.5 Å². The average molecular weight is 1150 g/mol. The summed E-state index contributed by atoms with van der Waals surface area (Å²) in [5, 5.41) is 41.8. The molecular formula is C74H95N5O6. The highest BCUT2D eigenvalue weighted by atomic mass is 16.6. The van der Waals surface area contributed by atoms with Gasteiger partial charge in [0.2, 0.25) is 0 Å². The molecule has 0 aromatic heterocycles. The molecule has 5 aliphatic carbocycles. The minimum absolute atomic E-state index is 0.0382. The molecule has 11 heteroatoms. The summed E-state index contributed by atoms with van der Waals surface area (Å²) in [5.74, 6) is 2.17. The number of carbonyl (C=O) groups is 2. The first-order chi connectivity index (χ1) is 41.3. The van der Waals surface area contributed by atoms with E-state index in [-0.39, 0.29) is 59.0 Å². The number of hydrogen-bond acceptors (Lipinski definition) is 11. The van der Waals surface area contributed by atoms with Crippen LogP contribution in [0, 0.1) is 52.3 Å². The van der Waals surface area contributed by atoms with E-state index in [0.717, 1.165) is 161 Å². The van der Waals surface area contributed by atoms with Crippen LogP contribution in [0.3, 0.4) is 0 Å². The second-order valence-electron chi connectivity index (χ2n) is 27.4. The zero-order chi connectivity index (χ0) is 58.8. The first kappa shape index (κ1) is 59.7. The molecule has 4 fully saturated rings. The van der Waals surface area contributed by atoms with E-state index in [4.69, 9.17) is 9.47 Å². The molecule has 452 valence electrons. The van der Waals surface area contributed by atoms with Crippen molar-refractivity contribution in [2.75, 3.05) is 32.7 Å². The molecule has 11 atom stereocenters. The molecule has 14 rings (SSSR count). The van der Waals surface area contributed by atoms with E-state index in [1.54, 1.807) is 6.07 Å². The molecule has 0 amide bonds. The van der Waals surface area contributed by atoms with Crippen LogP contribution in [-0.4, -0.2) is 67.1 Å². The Labute approximate surface area is 506 Å². The second kappa shape index (κ2) is 26.0. The molecule has 85 heavy (non-hydrogen) atoms. The number of ether oxygens (including phenoxy) is 2. The predicted octanol–water partition coefficient (Wildman–Crippen LogP) is 13.1. The van der Waals surface area contributed by atoms with Crippen molar-refractivity contribution in [1.29, 1.82) is 0 Å². The lowest BCUT2D eigenvalue weighted by molar-refractivity contribution is -0.135. The Kier molecular flexibility index (Phi) is 18.2. The molecule has 5 heterocycles. The molecule has 0 radical (unpaired) electrons. The van der Waals surface area contributed by atoms with Crippen LogP contribution in [0.15, 0.2) is 131 Å². The number of rotatable bonds is 17. The number of esters is 2. The average Bonchev–Trinajstić information content (AvgIpc) is 1.63. The zero-order valence-electron chi connectivity index (χ0n) is 51.4. The Morgan fingerprint density at radius 3 is 2.51 bits per heavy atom. The van der Waals surface area contributed by atoms with Gasteiger partial charge in [0, 0.05) is 42.7 Å². The highest BCUT2D eigenvalue weighted by molar-refractivity contribution is 6.07. The topological polar surface area (TPSA) is 153 Å². The number of allylic oxidation sites excluding steroid dienone is 5. The number of cyclic esters (lactones) is 1. The number of nitrogens with one attached hydrogen (secondary N) is 5. The summed E-state index contributed by atoms with van der Waals surface area (Å²) in [6, 6.07) is 32.3. The molecule has 2 saturated heterocycles. The number of benzene rings is 4. The summed E-state index contributed by atoms with van der Waals surface area (Å²) in [6.45, 7) is 16.6. The van der Waals surface area contributed by atoms with E-state index in [9.17, 15) is 10.2 Å². The number of phenolic OH excluding ortho intramolecular Hbond substituents is 1. The first-order valence-corrected chi connectivity index (χ1v) is 33.1. The lowest BCUT2D eigenvalue weighted by Crippen LogP contribution is -2.52. The molecule has 0 unspecified atom stereocenters. The minimum atomic E-state index is -0.894. The van der Waals surface area contributed by atoms with Crippen LogP contribution in [0.1, 0.15) is 164 Å². The molecule has 5 aliphatic heterocycles.